The largest absolute Gasteiger partial charge is 0.465 e. The van der Waals surface area contributed by atoms with Crippen molar-refractivity contribution >= 4 is 11.9 Å². The molecular formula is C19H26O7. The molecule has 7 heteroatoms. The minimum atomic E-state index is -0.986. The third kappa shape index (κ3) is 2.05. The maximum Gasteiger partial charge on any atom is 0.303 e. The van der Waals surface area contributed by atoms with Gasteiger partial charge in [-0.3, -0.25) is 9.59 Å². The van der Waals surface area contributed by atoms with Gasteiger partial charge in [-0.25, -0.2) is 0 Å². The lowest BCUT2D eigenvalue weighted by Gasteiger charge is -2.58. The third-order valence-corrected chi connectivity index (χ3v) is 7.08. The molecule has 4 aliphatic rings. The first kappa shape index (κ1) is 17.9. The lowest BCUT2D eigenvalue weighted by Crippen LogP contribution is -2.66. The number of rotatable bonds is 3. The molecular weight excluding hydrogens is 340 g/mol. The van der Waals surface area contributed by atoms with Crippen molar-refractivity contribution < 1.29 is 33.6 Å². The molecule has 2 aliphatic carbocycles. The molecule has 4 rings (SSSR count). The molecule has 26 heavy (non-hydrogen) atoms. The van der Waals surface area contributed by atoms with Gasteiger partial charge in [0.15, 0.2) is 0 Å². The molecule has 0 aromatic rings. The second kappa shape index (κ2) is 5.53. The Morgan fingerprint density at radius 1 is 1.35 bits per heavy atom. The summed E-state index contributed by atoms with van der Waals surface area (Å²) >= 11 is 0. The Bertz CT molecular complexity index is 681. The molecule has 144 valence electrons. The van der Waals surface area contributed by atoms with Gasteiger partial charge in [-0.15, -0.1) is 0 Å². The molecule has 2 aliphatic heterocycles. The number of ether oxygens (including phenoxy) is 4. The molecule has 0 amide bonds. The van der Waals surface area contributed by atoms with Gasteiger partial charge in [0.25, 0.3) is 0 Å². The Balaban J connectivity index is 1.86. The molecule has 3 fully saturated rings. The molecule has 2 heterocycles. The Kier molecular flexibility index (Phi) is 3.82. The first-order valence-electron chi connectivity index (χ1n) is 9.13. The fourth-order valence-corrected chi connectivity index (χ4v) is 5.60. The van der Waals surface area contributed by atoms with Crippen LogP contribution >= 0.6 is 0 Å². The third-order valence-electron chi connectivity index (χ3n) is 7.08. The summed E-state index contributed by atoms with van der Waals surface area (Å²) < 4.78 is 23.3. The monoisotopic (exact) mass is 366 g/mol. The zero-order valence-corrected chi connectivity index (χ0v) is 15.6. The van der Waals surface area contributed by atoms with Crippen molar-refractivity contribution in [3.63, 3.8) is 0 Å². The van der Waals surface area contributed by atoms with Gasteiger partial charge in [0.2, 0.25) is 0 Å². The maximum atomic E-state index is 11.8. The number of carbonyl (C=O) groups is 2. The number of epoxide rings is 1. The highest BCUT2D eigenvalue weighted by atomic mass is 16.7. The Labute approximate surface area is 152 Å². The summed E-state index contributed by atoms with van der Waals surface area (Å²) in [5, 5.41) is 10.9. The van der Waals surface area contributed by atoms with Crippen molar-refractivity contribution in [2.45, 2.75) is 70.6 Å². The SMILES string of the molecule is CC(=O)OC[C@@]12CCC(C)=C[C@@H]1O[C@@H]1[C@H](O)[C@@H](OC(C)=O)[C@@]2(C)[C@]12CO2. The maximum absolute atomic E-state index is 11.8. The normalized spacial score (nSPS) is 48.6. The Morgan fingerprint density at radius 3 is 2.62 bits per heavy atom. The lowest BCUT2D eigenvalue weighted by molar-refractivity contribution is -0.233. The van der Waals surface area contributed by atoms with Crippen molar-refractivity contribution in [3.05, 3.63) is 11.6 Å². The van der Waals surface area contributed by atoms with Crippen molar-refractivity contribution in [2.24, 2.45) is 10.8 Å². The number of hydrogen-bond donors (Lipinski definition) is 1. The zero-order valence-electron chi connectivity index (χ0n) is 15.6. The van der Waals surface area contributed by atoms with Gasteiger partial charge >= 0.3 is 11.9 Å². The summed E-state index contributed by atoms with van der Waals surface area (Å²) in [4.78, 5) is 23.4. The average molecular weight is 366 g/mol. The van der Waals surface area contributed by atoms with Crippen molar-refractivity contribution in [2.75, 3.05) is 13.2 Å². The first-order valence-corrected chi connectivity index (χ1v) is 9.13. The van der Waals surface area contributed by atoms with Crippen LogP contribution in [-0.2, 0) is 28.5 Å². The van der Waals surface area contributed by atoms with Crippen LogP contribution in [0.15, 0.2) is 11.6 Å². The molecule has 0 unspecified atom stereocenters. The minimum Gasteiger partial charge on any atom is -0.465 e. The zero-order chi connectivity index (χ0) is 18.9. The van der Waals surface area contributed by atoms with Crippen LogP contribution in [0, 0.1) is 10.8 Å². The highest BCUT2D eigenvalue weighted by molar-refractivity contribution is 5.67. The smallest absolute Gasteiger partial charge is 0.303 e. The van der Waals surface area contributed by atoms with Crippen molar-refractivity contribution in [1.82, 2.24) is 0 Å². The molecule has 2 saturated heterocycles. The van der Waals surface area contributed by atoms with Gasteiger partial charge in [0, 0.05) is 19.3 Å². The van der Waals surface area contributed by atoms with E-state index in [1.807, 2.05) is 13.8 Å². The number of hydrogen-bond acceptors (Lipinski definition) is 7. The highest BCUT2D eigenvalue weighted by Crippen LogP contribution is 2.72. The van der Waals surface area contributed by atoms with Gasteiger partial charge in [-0.1, -0.05) is 18.6 Å². The van der Waals surface area contributed by atoms with Crippen LogP contribution < -0.4 is 0 Å². The molecule has 7 atom stereocenters. The van der Waals surface area contributed by atoms with Crippen molar-refractivity contribution in [1.29, 1.82) is 0 Å². The van der Waals surface area contributed by atoms with Gasteiger partial charge in [0.1, 0.15) is 30.5 Å². The number of allylic oxidation sites excluding steroid dienone is 1. The predicted octanol–water partition coefficient (Wildman–Crippen LogP) is 1.12. The van der Waals surface area contributed by atoms with E-state index in [0.717, 1.165) is 6.42 Å². The van der Waals surface area contributed by atoms with Crippen LogP contribution in [-0.4, -0.2) is 60.3 Å². The van der Waals surface area contributed by atoms with E-state index in [2.05, 4.69) is 6.08 Å². The molecule has 1 saturated carbocycles. The molecule has 0 aromatic carbocycles. The fraction of sp³-hybridized carbons (Fsp3) is 0.789. The molecule has 1 N–H and O–H groups in total. The quantitative estimate of drug-likeness (QED) is 0.454. The van der Waals surface area contributed by atoms with Crippen molar-refractivity contribution in [3.8, 4) is 0 Å². The summed E-state index contributed by atoms with van der Waals surface area (Å²) in [6.45, 7) is 7.31. The Morgan fingerprint density at radius 2 is 2.04 bits per heavy atom. The van der Waals surface area contributed by atoms with E-state index >= 15 is 0 Å². The summed E-state index contributed by atoms with van der Waals surface area (Å²) in [7, 11) is 0. The van der Waals surface area contributed by atoms with E-state index in [-0.39, 0.29) is 18.7 Å². The number of aliphatic hydroxyl groups is 1. The molecule has 2 bridgehead atoms. The number of esters is 2. The molecule has 0 aromatic heterocycles. The fourth-order valence-electron chi connectivity index (χ4n) is 5.60. The van der Waals surface area contributed by atoms with E-state index in [1.54, 1.807) is 0 Å². The molecule has 1 spiro atoms. The van der Waals surface area contributed by atoms with Gasteiger partial charge < -0.3 is 24.1 Å². The number of fused-ring (bicyclic) bond motifs is 2. The van der Waals surface area contributed by atoms with E-state index in [0.29, 0.717) is 13.0 Å². The van der Waals surface area contributed by atoms with E-state index < -0.39 is 40.7 Å². The van der Waals surface area contributed by atoms with Crippen LogP contribution in [0.3, 0.4) is 0 Å². The standard InChI is InChI=1S/C19H26O7/c1-10-5-6-18(8-23-11(2)20)13(7-10)26-16-14(22)15(25-12(3)21)17(18,4)19(16)9-24-19/h7,13-16,22H,5-6,8-9H2,1-4H3/t13-,14+,15+,16+,17+,18-,19-/m0/s1. The van der Waals surface area contributed by atoms with E-state index in [1.165, 1.54) is 19.4 Å². The van der Waals surface area contributed by atoms with Crippen LogP contribution in [0.2, 0.25) is 0 Å². The summed E-state index contributed by atoms with van der Waals surface area (Å²) in [5.74, 6) is -0.830. The van der Waals surface area contributed by atoms with Gasteiger partial charge in [-0.05, 0) is 19.8 Å². The summed E-state index contributed by atoms with van der Waals surface area (Å²) in [6, 6.07) is 0. The molecule has 7 nitrogen and oxygen atoms in total. The average Bonchev–Trinajstić information content (AvgIpc) is 3.34. The number of aliphatic hydroxyl groups excluding tert-OH is 1. The predicted molar refractivity (Wildman–Crippen MR) is 89.1 cm³/mol. The molecule has 0 radical (unpaired) electrons. The summed E-state index contributed by atoms with van der Waals surface area (Å²) in [5.41, 5.74) is -0.890. The second-order valence-electron chi connectivity index (χ2n) is 8.33. The van der Waals surface area contributed by atoms with E-state index in [9.17, 15) is 14.7 Å². The first-order chi connectivity index (χ1) is 12.2. The van der Waals surface area contributed by atoms with Crippen LogP contribution in [0.1, 0.15) is 40.5 Å². The second-order valence-corrected chi connectivity index (χ2v) is 8.33. The topological polar surface area (TPSA) is 94.6 Å². The van der Waals surface area contributed by atoms with Gasteiger partial charge in [-0.2, -0.15) is 0 Å². The van der Waals surface area contributed by atoms with Crippen LogP contribution in [0.5, 0.6) is 0 Å². The highest BCUT2D eigenvalue weighted by Gasteiger charge is 2.85. The Hall–Kier alpha value is -1.44. The van der Waals surface area contributed by atoms with Crippen LogP contribution in [0.25, 0.3) is 0 Å². The van der Waals surface area contributed by atoms with Gasteiger partial charge in [0.05, 0.1) is 18.1 Å². The minimum absolute atomic E-state index is 0.135. The summed E-state index contributed by atoms with van der Waals surface area (Å²) in [6.07, 6.45) is 0.896. The lowest BCUT2D eigenvalue weighted by atomic mass is 9.51. The van der Waals surface area contributed by atoms with Crippen LogP contribution in [0.4, 0.5) is 0 Å². The number of carbonyl (C=O) groups excluding carboxylic acids is 2. The van der Waals surface area contributed by atoms with E-state index in [4.69, 9.17) is 18.9 Å².